The molecule has 0 aliphatic carbocycles. The molecule has 2 aliphatic heterocycles. The van der Waals surface area contributed by atoms with Crippen molar-refractivity contribution < 1.29 is 18.7 Å². The number of hydrogen-bond donors (Lipinski definition) is 2. The predicted molar refractivity (Wildman–Crippen MR) is 121 cm³/mol. The first-order valence-electron chi connectivity index (χ1n) is 11.2. The second kappa shape index (κ2) is 10.1. The van der Waals surface area contributed by atoms with Gasteiger partial charge >= 0.3 is 0 Å². The average Bonchev–Trinajstić information content (AvgIpc) is 3.11. The van der Waals surface area contributed by atoms with Crippen LogP contribution in [0.1, 0.15) is 27.9 Å². The van der Waals surface area contributed by atoms with Crippen LogP contribution in [0.25, 0.3) is 11.1 Å². The van der Waals surface area contributed by atoms with Crippen LogP contribution in [0.3, 0.4) is 0 Å². The molecule has 2 aromatic carbocycles. The highest BCUT2D eigenvalue weighted by Crippen LogP contribution is 2.27. The van der Waals surface area contributed by atoms with Gasteiger partial charge in [-0.25, -0.2) is 4.39 Å². The number of carbonyl (C=O) groups is 2. The Morgan fingerprint density at radius 1 is 1.33 bits per heavy atom. The lowest BCUT2D eigenvalue weighted by molar-refractivity contribution is -0.132. The first-order valence-corrected chi connectivity index (χ1v) is 11.2. The Balaban J connectivity index is 1.45. The summed E-state index contributed by atoms with van der Waals surface area (Å²) in [7, 11) is 1.78. The smallest absolute Gasteiger partial charge is 0.253 e. The minimum absolute atomic E-state index is 0.000971. The Bertz CT molecular complexity index is 1090. The maximum absolute atomic E-state index is 14.9. The van der Waals surface area contributed by atoms with Crippen LogP contribution >= 0.6 is 0 Å². The van der Waals surface area contributed by atoms with E-state index < -0.39 is 18.0 Å². The molecule has 8 heteroatoms. The highest BCUT2D eigenvalue weighted by molar-refractivity contribution is 5.97. The summed E-state index contributed by atoms with van der Waals surface area (Å²) in [5, 5.41) is 15.3. The molecule has 33 heavy (non-hydrogen) atoms. The minimum Gasteiger partial charge on any atom is -0.367 e. The van der Waals surface area contributed by atoms with Crippen LogP contribution < -0.4 is 10.6 Å². The molecule has 4 rings (SSSR count). The van der Waals surface area contributed by atoms with Gasteiger partial charge in [0.15, 0.2) is 0 Å². The van der Waals surface area contributed by atoms with Gasteiger partial charge in [-0.05, 0) is 53.8 Å². The Morgan fingerprint density at radius 2 is 2.12 bits per heavy atom. The van der Waals surface area contributed by atoms with Crippen LogP contribution in [0.4, 0.5) is 4.39 Å². The highest BCUT2D eigenvalue weighted by Gasteiger charge is 2.24. The number of ether oxygens (including phenoxy) is 1. The zero-order chi connectivity index (χ0) is 23.4. The number of hydrogen-bond acceptors (Lipinski definition) is 5. The molecule has 2 amide bonds. The summed E-state index contributed by atoms with van der Waals surface area (Å²) in [5.41, 5.74) is 3.52. The maximum atomic E-state index is 14.9. The Kier molecular flexibility index (Phi) is 7.02. The predicted octanol–water partition coefficient (Wildman–Crippen LogP) is 2.05. The minimum atomic E-state index is -0.864. The molecule has 0 radical (unpaired) electrons. The zero-order valence-electron chi connectivity index (χ0n) is 18.6. The molecule has 0 saturated carbocycles. The van der Waals surface area contributed by atoms with Crippen LogP contribution in [-0.2, 0) is 22.4 Å². The van der Waals surface area contributed by atoms with E-state index in [9.17, 15) is 19.2 Å². The summed E-state index contributed by atoms with van der Waals surface area (Å²) < 4.78 is 20.4. The normalized spacial score (nSPS) is 19.2. The molecular formula is C25H27FN4O3. The number of carbonyl (C=O) groups excluding carboxylic acids is 2. The van der Waals surface area contributed by atoms with Crippen molar-refractivity contribution in [2.24, 2.45) is 0 Å². The number of benzene rings is 2. The number of amides is 2. The monoisotopic (exact) mass is 450 g/mol. The van der Waals surface area contributed by atoms with Crippen LogP contribution in [0, 0.1) is 17.1 Å². The van der Waals surface area contributed by atoms with E-state index in [0.29, 0.717) is 36.4 Å². The lowest BCUT2D eigenvalue weighted by Gasteiger charge is -2.25. The number of nitriles is 1. The summed E-state index contributed by atoms with van der Waals surface area (Å²) in [5.74, 6) is -0.816. The van der Waals surface area contributed by atoms with Crippen molar-refractivity contribution in [2.75, 3.05) is 33.3 Å². The summed E-state index contributed by atoms with van der Waals surface area (Å²) in [6, 6.07) is 11.6. The topological polar surface area (TPSA) is 94.5 Å². The summed E-state index contributed by atoms with van der Waals surface area (Å²) in [4.78, 5) is 26.4. The van der Waals surface area contributed by atoms with Crippen molar-refractivity contribution in [1.29, 1.82) is 5.26 Å². The Morgan fingerprint density at radius 3 is 2.91 bits per heavy atom. The van der Waals surface area contributed by atoms with Gasteiger partial charge in [0, 0.05) is 38.7 Å². The van der Waals surface area contributed by atoms with Crippen LogP contribution in [0.15, 0.2) is 36.4 Å². The third-order valence-corrected chi connectivity index (χ3v) is 6.12. The summed E-state index contributed by atoms with van der Waals surface area (Å²) >= 11 is 0. The first kappa shape index (κ1) is 22.9. The summed E-state index contributed by atoms with van der Waals surface area (Å²) in [6.07, 6.45) is 0.974. The van der Waals surface area contributed by atoms with Crippen molar-refractivity contribution in [3.63, 3.8) is 0 Å². The van der Waals surface area contributed by atoms with E-state index in [1.54, 1.807) is 30.1 Å². The van der Waals surface area contributed by atoms with Gasteiger partial charge in [0.2, 0.25) is 0 Å². The van der Waals surface area contributed by atoms with E-state index in [1.807, 2.05) is 18.2 Å². The van der Waals surface area contributed by atoms with Crippen molar-refractivity contribution >= 4 is 11.8 Å². The van der Waals surface area contributed by atoms with E-state index in [1.165, 1.54) is 6.07 Å². The lowest BCUT2D eigenvalue weighted by Crippen LogP contribution is -2.46. The third-order valence-electron chi connectivity index (χ3n) is 6.12. The fourth-order valence-corrected chi connectivity index (χ4v) is 4.17. The molecule has 0 unspecified atom stereocenters. The molecule has 7 nitrogen and oxygen atoms in total. The molecule has 172 valence electrons. The largest absolute Gasteiger partial charge is 0.367 e. The van der Waals surface area contributed by atoms with E-state index >= 15 is 0 Å². The first-order chi connectivity index (χ1) is 16.0. The molecule has 2 atom stereocenters. The second-order valence-electron chi connectivity index (χ2n) is 8.47. The van der Waals surface area contributed by atoms with Crippen molar-refractivity contribution in [3.8, 4) is 17.2 Å². The number of halogens is 1. The van der Waals surface area contributed by atoms with Crippen molar-refractivity contribution in [1.82, 2.24) is 15.5 Å². The van der Waals surface area contributed by atoms with Gasteiger partial charge in [-0.15, -0.1) is 0 Å². The van der Waals surface area contributed by atoms with Crippen LogP contribution in [-0.4, -0.2) is 62.1 Å². The van der Waals surface area contributed by atoms with E-state index in [2.05, 4.69) is 10.6 Å². The van der Waals surface area contributed by atoms with Gasteiger partial charge in [0.05, 0.1) is 6.07 Å². The van der Waals surface area contributed by atoms with Gasteiger partial charge in [0.25, 0.3) is 11.8 Å². The number of likely N-dealkylation sites (N-methyl/N-ethyl adjacent to an activating group) is 1. The van der Waals surface area contributed by atoms with Gasteiger partial charge < -0.3 is 20.3 Å². The van der Waals surface area contributed by atoms with Gasteiger partial charge in [-0.3, -0.25) is 9.59 Å². The number of nitrogens with zero attached hydrogens (tertiary/aromatic N) is 2. The van der Waals surface area contributed by atoms with E-state index in [-0.39, 0.29) is 18.2 Å². The molecule has 2 N–H and O–H groups in total. The Hall–Kier alpha value is -3.28. The van der Waals surface area contributed by atoms with Crippen molar-refractivity contribution in [3.05, 3.63) is 58.9 Å². The standard InChI is InChI=1S/C25H27FN4O3/c1-30-9-7-18-11-16(5-6-21(18)25(30)32)17-3-4-19(22(26)13-17)12-20(14-27)29-24(31)23-15-28-8-2-10-33-23/h3-6,11,13,20,23,28H,2,7-10,12,15H2,1H3,(H,29,31)/t20-,23-/m0/s1. The molecule has 2 aromatic rings. The molecule has 0 aromatic heterocycles. The molecule has 0 spiro atoms. The maximum Gasteiger partial charge on any atom is 0.253 e. The van der Waals surface area contributed by atoms with E-state index in [4.69, 9.17) is 4.74 Å². The van der Waals surface area contributed by atoms with Gasteiger partial charge in [-0.2, -0.15) is 5.26 Å². The molecule has 2 aliphatic rings. The number of fused-ring (bicyclic) bond motifs is 1. The quantitative estimate of drug-likeness (QED) is 0.727. The molecule has 0 bridgehead atoms. The van der Waals surface area contributed by atoms with Crippen LogP contribution in [0.5, 0.6) is 0 Å². The third kappa shape index (κ3) is 5.21. The molecule has 2 heterocycles. The molecular weight excluding hydrogens is 423 g/mol. The summed E-state index contributed by atoms with van der Waals surface area (Å²) in [6.45, 7) is 2.30. The lowest BCUT2D eigenvalue weighted by atomic mass is 9.93. The Labute approximate surface area is 192 Å². The fourth-order valence-electron chi connectivity index (χ4n) is 4.17. The SMILES string of the molecule is CN1CCc2cc(-c3ccc(C[C@@H](C#N)NC(=O)[C@@H]4CNCCCO4)c(F)c3)ccc2C1=O. The molecule has 1 fully saturated rings. The highest BCUT2D eigenvalue weighted by atomic mass is 19.1. The van der Waals surface area contributed by atoms with Crippen molar-refractivity contribution in [2.45, 2.75) is 31.4 Å². The average molecular weight is 451 g/mol. The van der Waals surface area contributed by atoms with Crippen LogP contribution in [0.2, 0.25) is 0 Å². The second-order valence-corrected chi connectivity index (χ2v) is 8.47. The molecule has 1 saturated heterocycles. The zero-order valence-corrected chi connectivity index (χ0v) is 18.6. The van der Waals surface area contributed by atoms with Gasteiger partial charge in [-0.1, -0.05) is 24.3 Å². The fraction of sp³-hybridized carbons (Fsp3) is 0.400. The number of rotatable bonds is 5. The van der Waals surface area contributed by atoms with Gasteiger partial charge in [0.1, 0.15) is 18.0 Å². The van der Waals surface area contributed by atoms with E-state index in [0.717, 1.165) is 30.5 Å². The number of nitrogens with one attached hydrogen (secondary N) is 2.